The molecule has 0 atom stereocenters. The quantitative estimate of drug-likeness (QED) is 0.401. The number of rotatable bonds is 2. The summed E-state index contributed by atoms with van der Waals surface area (Å²) in [6.45, 7) is 0. The van der Waals surface area contributed by atoms with E-state index in [1.54, 1.807) is 12.3 Å². The van der Waals surface area contributed by atoms with Crippen molar-refractivity contribution in [1.82, 2.24) is 15.0 Å². The van der Waals surface area contributed by atoms with Crippen LogP contribution in [0.1, 0.15) is 0 Å². The second kappa shape index (κ2) is 7.28. The van der Waals surface area contributed by atoms with Crippen LogP contribution in [0.2, 0.25) is 0 Å². The van der Waals surface area contributed by atoms with Crippen LogP contribution in [0, 0.1) is 0 Å². The van der Waals surface area contributed by atoms with Crippen LogP contribution in [0.4, 0.5) is 0 Å². The Morgan fingerprint density at radius 1 is 0.750 bits per heavy atom. The lowest BCUT2D eigenvalue weighted by Crippen LogP contribution is -2.55. The molecule has 0 saturated carbocycles. The molecule has 0 bridgehead atoms. The molecule has 0 N–H and O–H groups in total. The van der Waals surface area contributed by atoms with Crippen molar-refractivity contribution in [3.05, 3.63) is 47.1 Å². The summed E-state index contributed by atoms with van der Waals surface area (Å²) in [5.74, 6) is 0.468. The lowest BCUT2D eigenvalue weighted by molar-refractivity contribution is 1.19. The van der Waals surface area contributed by atoms with Gasteiger partial charge in [-0.1, -0.05) is 39.0 Å². The van der Waals surface area contributed by atoms with Gasteiger partial charge < -0.3 is 0 Å². The molecule has 0 aliphatic heterocycles. The van der Waals surface area contributed by atoms with Gasteiger partial charge in [-0.05, 0) is 29.8 Å². The fraction of sp³-hybridized carbons (Fsp3) is 0. The average Bonchev–Trinajstić information content (AvgIpc) is 2.70. The van der Waals surface area contributed by atoms with Crippen molar-refractivity contribution in [2.75, 3.05) is 0 Å². The van der Waals surface area contributed by atoms with Gasteiger partial charge in [-0.3, -0.25) is 0 Å². The van der Waals surface area contributed by atoms with Crippen LogP contribution in [-0.4, -0.2) is 54.2 Å². The summed E-state index contributed by atoms with van der Waals surface area (Å²) >= 11 is 3.46. The minimum atomic E-state index is 0.155. The second-order valence-corrected chi connectivity index (χ2v) is 7.14. The van der Waals surface area contributed by atoms with E-state index in [9.17, 15) is 0 Å². The van der Waals surface area contributed by atoms with Crippen molar-refractivity contribution in [3.8, 4) is 22.6 Å². The number of nitrogens with zero attached hydrogens (tertiary/aromatic N) is 3. The molecule has 10 radical (unpaired) electrons. The Balaban J connectivity index is 2.11. The first-order chi connectivity index (χ1) is 13.4. The summed E-state index contributed by atoms with van der Waals surface area (Å²) in [5.41, 5.74) is 3.13. The van der Waals surface area contributed by atoms with Crippen molar-refractivity contribution in [2.24, 2.45) is 0 Å². The highest BCUT2D eigenvalue weighted by Crippen LogP contribution is 2.27. The Morgan fingerprint density at radius 2 is 1.43 bits per heavy atom. The largest absolute Gasteiger partial charge is 0.236 e. The molecule has 28 heavy (non-hydrogen) atoms. The molecule has 0 spiro atoms. The van der Waals surface area contributed by atoms with Gasteiger partial charge >= 0.3 is 0 Å². The number of halogens is 1. The maximum Gasteiger partial charge on any atom is 0.163 e. The molecule has 3 nitrogen and oxygen atoms in total. The topological polar surface area (TPSA) is 38.7 Å². The lowest BCUT2D eigenvalue weighted by Gasteiger charge is -2.21. The van der Waals surface area contributed by atoms with Crippen molar-refractivity contribution in [1.29, 1.82) is 0 Å². The van der Waals surface area contributed by atoms with E-state index >= 15 is 0 Å². The zero-order valence-corrected chi connectivity index (χ0v) is 16.2. The third-order valence-electron chi connectivity index (χ3n) is 4.49. The van der Waals surface area contributed by atoms with Crippen LogP contribution in [0.5, 0.6) is 0 Å². The molecule has 2 aromatic carbocycles. The molecule has 0 aliphatic carbocycles. The van der Waals surface area contributed by atoms with Gasteiger partial charge in [-0.2, -0.15) is 0 Å². The fourth-order valence-electron chi connectivity index (χ4n) is 3.01. The first kappa shape index (κ1) is 19.1. The molecular weight excluding hydrogens is 404 g/mol. The van der Waals surface area contributed by atoms with E-state index in [4.69, 9.17) is 44.2 Å². The van der Waals surface area contributed by atoms with Crippen molar-refractivity contribution < 1.29 is 0 Å². The minimum Gasteiger partial charge on any atom is -0.236 e. The van der Waals surface area contributed by atoms with Crippen LogP contribution in [0.25, 0.3) is 33.7 Å². The van der Waals surface area contributed by atoms with Crippen molar-refractivity contribution in [2.45, 2.75) is 0 Å². The number of benzene rings is 2. The van der Waals surface area contributed by atoms with Crippen LogP contribution in [-0.2, 0) is 0 Å². The van der Waals surface area contributed by atoms with E-state index in [0.29, 0.717) is 28.1 Å². The van der Waals surface area contributed by atoms with E-state index in [2.05, 4.69) is 25.9 Å². The van der Waals surface area contributed by atoms with E-state index < -0.39 is 0 Å². The normalized spacial score (nSPS) is 11.0. The maximum absolute atomic E-state index is 6.26. The predicted molar refractivity (Wildman–Crippen MR) is 123 cm³/mol. The number of hydrogen-bond acceptors (Lipinski definition) is 3. The molecule has 9 heteroatoms. The van der Waals surface area contributed by atoms with E-state index in [1.165, 1.54) is 0 Å². The van der Waals surface area contributed by atoms with Crippen LogP contribution in [0.3, 0.4) is 0 Å². The molecule has 120 valence electrons. The van der Waals surface area contributed by atoms with Gasteiger partial charge in [0, 0.05) is 21.6 Å². The number of aromatic nitrogens is 3. The van der Waals surface area contributed by atoms with Crippen LogP contribution in [0.15, 0.2) is 47.1 Å². The summed E-state index contributed by atoms with van der Waals surface area (Å²) < 4.78 is 0.899. The average molecular weight is 411 g/mol. The molecular formula is C19H7B5BrN3. The Kier molecular flexibility index (Phi) is 4.96. The molecule has 0 fully saturated rings. The summed E-state index contributed by atoms with van der Waals surface area (Å²) in [5, 5.41) is 0.670. The number of pyridine rings is 1. The van der Waals surface area contributed by atoms with Gasteiger partial charge in [0.15, 0.2) is 11.5 Å². The summed E-state index contributed by atoms with van der Waals surface area (Å²) in [7, 11) is 30.5. The number of fused-ring (bicyclic) bond motifs is 1. The third-order valence-corrected chi connectivity index (χ3v) is 4.98. The summed E-state index contributed by atoms with van der Waals surface area (Å²) in [6, 6.07) is 11.2. The van der Waals surface area contributed by atoms with Gasteiger partial charge in [0.25, 0.3) is 0 Å². The third kappa shape index (κ3) is 3.12. The Bertz CT molecular complexity index is 1220. The fourth-order valence-corrected chi connectivity index (χ4v) is 3.41. The Hall–Kier alpha value is -2.27. The SMILES string of the molecule is [B]c1c([B])c([B])c(-c2nc(-c3cccc(Br)c3)nc3ncccc23)c([B])c1[B]. The first-order valence-corrected chi connectivity index (χ1v) is 9.08. The van der Waals surface area contributed by atoms with Gasteiger partial charge in [0.05, 0.1) is 5.69 Å². The highest BCUT2D eigenvalue weighted by molar-refractivity contribution is 9.10. The Morgan fingerprint density at radius 3 is 2.11 bits per heavy atom. The molecule has 4 rings (SSSR count). The molecule has 0 aliphatic rings. The van der Waals surface area contributed by atoms with Crippen LogP contribution >= 0.6 is 15.9 Å². The van der Waals surface area contributed by atoms with E-state index in [0.717, 1.165) is 10.0 Å². The highest BCUT2D eigenvalue weighted by atomic mass is 79.9. The summed E-state index contributed by atoms with van der Waals surface area (Å²) in [4.78, 5) is 13.7. The van der Waals surface area contributed by atoms with E-state index in [-0.39, 0.29) is 27.3 Å². The minimum absolute atomic E-state index is 0.155. The molecule has 4 aromatic rings. The molecule has 2 heterocycles. The predicted octanol–water partition coefficient (Wildman–Crippen LogP) is -0.910. The van der Waals surface area contributed by atoms with Gasteiger partial charge in [0.1, 0.15) is 39.2 Å². The molecule has 0 amide bonds. The van der Waals surface area contributed by atoms with Gasteiger partial charge in [-0.25, -0.2) is 15.0 Å². The molecule has 0 unspecified atom stereocenters. The second-order valence-electron chi connectivity index (χ2n) is 6.22. The van der Waals surface area contributed by atoms with Gasteiger partial charge in [-0.15, -0.1) is 16.4 Å². The lowest BCUT2D eigenvalue weighted by atomic mass is 9.60. The van der Waals surface area contributed by atoms with Gasteiger partial charge in [0.2, 0.25) is 0 Å². The maximum atomic E-state index is 6.26. The zero-order chi connectivity index (χ0) is 20.0. The summed E-state index contributed by atoms with van der Waals surface area (Å²) in [6.07, 6.45) is 1.65. The molecule has 2 aromatic heterocycles. The van der Waals surface area contributed by atoms with Crippen molar-refractivity contribution in [3.63, 3.8) is 0 Å². The monoisotopic (exact) mass is 411 g/mol. The zero-order valence-electron chi connectivity index (χ0n) is 14.6. The smallest absolute Gasteiger partial charge is 0.163 e. The van der Waals surface area contributed by atoms with Crippen LogP contribution < -0.4 is 27.3 Å². The number of hydrogen-bond donors (Lipinski definition) is 0. The first-order valence-electron chi connectivity index (χ1n) is 8.29. The molecule has 0 saturated heterocycles. The Labute approximate surface area is 178 Å². The van der Waals surface area contributed by atoms with Crippen molar-refractivity contribution >= 4 is 93.5 Å². The standard InChI is InChI=1S/C19H7B5BrN3/c20-12-11(13(21)15(23)16(24)14(12)22)17-10-5-2-6-26-19(10)28-18(27-17)8-3-1-4-9(25)7-8/h1-7H. The highest BCUT2D eigenvalue weighted by Gasteiger charge is 2.18. The van der Waals surface area contributed by atoms with E-state index in [1.807, 2.05) is 30.3 Å².